The lowest BCUT2D eigenvalue weighted by atomic mass is 10.0. The predicted molar refractivity (Wildman–Crippen MR) is 91.0 cm³/mol. The molecule has 0 radical (unpaired) electrons. The van der Waals surface area contributed by atoms with Crippen LogP contribution in [-0.4, -0.2) is 55.7 Å². The summed E-state index contributed by atoms with van der Waals surface area (Å²) < 4.78 is 27.0. The van der Waals surface area contributed by atoms with E-state index in [4.69, 9.17) is 23.7 Å². The second-order valence-electron chi connectivity index (χ2n) is 5.90. The molecule has 0 unspecified atom stereocenters. The standard InChI is InChI=1S/C18H28O8/c1-5-6-7-8-9-22-17-10-15(24-13(3)20)18(25-14(4)21)16(26-17)11-23-12(2)19/h6-7,15-18H,5,8-11H2,1-4H3/b7-6+/t15-,16-,17+,18+/m1/s1. The molecular weight excluding hydrogens is 344 g/mol. The van der Waals surface area contributed by atoms with Crippen LogP contribution in [0.1, 0.15) is 47.0 Å². The van der Waals surface area contributed by atoms with Crippen LogP contribution < -0.4 is 0 Å². The van der Waals surface area contributed by atoms with Crippen molar-refractivity contribution in [2.24, 2.45) is 0 Å². The number of allylic oxidation sites excluding steroid dienone is 1. The van der Waals surface area contributed by atoms with Gasteiger partial charge in [0.15, 0.2) is 12.4 Å². The van der Waals surface area contributed by atoms with Gasteiger partial charge in [-0.3, -0.25) is 14.4 Å². The first kappa shape index (κ1) is 22.1. The number of rotatable bonds is 9. The van der Waals surface area contributed by atoms with Gasteiger partial charge >= 0.3 is 17.9 Å². The minimum absolute atomic E-state index is 0.138. The minimum atomic E-state index is -0.879. The van der Waals surface area contributed by atoms with Crippen molar-refractivity contribution in [3.05, 3.63) is 12.2 Å². The van der Waals surface area contributed by atoms with Crippen molar-refractivity contribution in [2.45, 2.75) is 71.6 Å². The first-order valence-electron chi connectivity index (χ1n) is 8.73. The summed E-state index contributed by atoms with van der Waals surface area (Å²) in [6, 6.07) is 0. The van der Waals surface area contributed by atoms with E-state index in [-0.39, 0.29) is 13.0 Å². The molecule has 1 aliphatic heterocycles. The molecule has 0 aromatic carbocycles. The summed E-state index contributed by atoms with van der Waals surface area (Å²) in [5.74, 6) is -1.55. The molecule has 26 heavy (non-hydrogen) atoms. The zero-order chi connectivity index (χ0) is 19.5. The minimum Gasteiger partial charge on any atom is -0.463 e. The zero-order valence-corrected chi connectivity index (χ0v) is 15.8. The predicted octanol–water partition coefficient (Wildman–Crippen LogP) is 1.90. The van der Waals surface area contributed by atoms with Crippen molar-refractivity contribution in [1.82, 2.24) is 0 Å². The normalized spacial score (nSPS) is 25.7. The molecule has 0 aromatic rings. The van der Waals surface area contributed by atoms with Gasteiger partial charge in [-0.05, 0) is 12.8 Å². The van der Waals surface area contributed by atoms with Gasteiger partial charge < -0.3 is 23.7 Å². The van der Waals surface area contributed by atoms with Gasteiger partial charge in [-0.1, -0.05) is 19.1 Å². The molecular formula is C18H28O8. The summed E-state index contributed by atoms with van der Waals surface area (Å²) >= 11 is 0. The third-order valence-electron chi connectivity index (χ3n) is 3.55. The van der Waals surface area contributed by atoms with Crippen LogP contribution in [0.15, 0.2) is 12.2 Å². The van der Waals surface area contributed by atoms with Gasteiger partial charge in [0.05, 0.1) is 6.61 Å². The molecule has 0 aromatic heterocycles. The van der Waals surface area contributed by atoms with Crippen LogP contribution in [0, 0.1) is 0 Å². The van der Waals surface area contributed by atoms with Gasteiger partial charge in [-0.2, -0.15) is 0 Å². The van der Waals surface area contributed by atoms with Crippen LogP contribution in [0.5, 0.6) is 0 Å². The fourth-order valence-electron chi connectivity index (χ4n) is 2.56. The Bertz CT molecular complexity index is 501. The van der Waals surface area contributed by atoms with E-state index in [1.165, 1.54) is 20.8 Å². The molecule has 1 saturated heterocycles. The van der Waals surface area contributed by atoms with Crippen LogP contribution in [0.4, 0.5) is 0 Å². The summed E-state index contributed by atoms with van der Waals surface area (Å²) in [7, 11) is 0. The number of hydrogen-bond acceptors (Lipinski definition) is 8. The summed E-state index contributed by atoms with van der Waals surface area (Å²) in [5, 5.41) is 0. The Balaban J connectivity index is 2.80. The van der Waals surface area contributed by atoms with Crippen molar-refractivity contribution in [3.63, 3.8) is 0 Å². The lowest BCUT2D eigenvalue weighted by molar-refractivity contribution is -0.265. The number of hydrogen-bond donors (Lipinski definition) is 0. The molecule has 8 heteroatoms. The number of esters is 3. The van der Waals surface area contributed by atoms with Gasteiger partial charge in [0.25, 0.3) is 0 Å². The highest BCUT2D eigenvalue weighted by atomic mass is 16.7. The summed E-state index contributed by atoms with van der Waals surface area (Å²) in [5.41, 5.74) is 0. The molecule has 0 spiro atoms. The Hall–Kier alpha value is -1.93. The molecule has 1 rings (SSSR count). The maximum Gasteiger partial charge on any atom is 0.303 e. The smallest absolute Gasteiger partial charge is 0.303 e. The second-order valence-corrected chi connectivity index (χ2v) is 5.90. The molecule has 8 nitrogen and oxygen atoms in total. The Morgan fingerprint density at radius 2 is 1.73 bits per heavy atom. The highest BCUT2D eigenvalue weighted by Crippen LogP contribution is 2.27. The van der Waals surface area contributed by atoms with Crippen molar-refractivity contribution >= 4 is 17.9 Å². The molecule has 148 valence electrons. The molecule has 0 aliphatic carbocycles. The van der Waals surface area contributed by atoms with E-state index in [9.17, 15) is 14.4 Å². The Morgan fingerprint density at radius 3 is 2.31 bits per heavy atom. The Morgan fingerprint density at radius 1 is 1.04 bits per heavy atom. The van der Waals surface area contributed by atoms with E-state index in [1.807, 2.05) is 19.1 Å². The quantitative estimate of drug-likeness (QED) is 0.262. The first-order chi connectivity index (χ1) is 12.3. The number of carbonyl (C=O) groups excluding carboxylic acids is 3. The van der Waals surface area contributed by atoms with E-state index in [1.54, 1.807) is 0 Å². The maximum absolute atomic E-state index is 11.4. The van der Waals surface area contributed by atoms with Gasteiger partial charge in [0, 0.05) is 27.2 Å². The van der Waals surface area contributed by atoms with Crippen LogP contribution in [0.2, 0.25) is 0 Å². The molecule has 0 N–H and O–H groups in total. The largest absolute Gasteiger partial charge is 0.463 e. The molecule has 1 heterocycles. The Kier molecular flexibility index (Phi) is 9.90. The van der Waals surface area contributed by atoms with Crippen molar-refractivity contribution in [1.29, 1.82) is 0 Å². The fraction of sp³-hybridized carbons (Fsp3) is 0.722. The average molecular weight is 372 g/mol. The molecule has 0 amide bonds. The van der Waals surface area contributed by atoms with Crippen molar-refractivity contribution in [3.8, 4) is 0 Å². The average Bonchev–Trinajstić information content (AvgIpc) is 2.54. The highest BCUT2D eigenvalue weighted by Gasteiger charge is 2.44. The summed E-state index contributed by atoms with van der Waals surface area (Å²) in [6.07, 6.45) is 2.83. The zero-order valence-electron chi connectivity index (χ0n) is 15.8. The van der Waals surface area contributed by atoms with E-state index < -0.39 is 42.5 Å². The van der Waals surface area contributed by atoms with E-state index >= 15 is 0 Å². The number of carbonyl (C=O) groups is 3. The van der Waals surface area contributed by atoms with Gasteiger partial charge in [0.2, 0.25) is 0 Å². The summed E-state index contributed by atoms with van der Waals surface area (Å²) in [4.78, 5) is 34.0. The molecule has 0 saturated carbocycles. The van der Waals surface area contributed by atoms with Crippen LogP contribution in [0.25, 0.3) is 0 Å². The highest BCUT2D eigenvalue weighted by molar-refractivity contribution is 5.67. The molecule has 1 aliphatic rings. The van der Waals surface area contributed by atoms with E-state index in [0.29, 0.717) is 13.0 Å². The van der Waals surface area contributed by atoms with Crippen molar-refractivity contribution < 1.29 is 38.1 Å². The Labute approximate surface area is 153 Å². The topological polar surface area (TPSA) is 97.4 Å². The van der Waals surface area contributed by atoms with Crippen molar-refractivity contribution in [2.75, 3.05) is 13.2 Å². The SMILES string of the molecule is CC/C=C/CCO[C@@H]1C[C@@H](OC(C)=O)[C@H](OC(C)=O)[C@@H](COC(C)=O)O1. The van der Waals surface area contributed by atoms with Crippen LogP contribution in [0.3, 0.4) is 0 Å². The number of ether oxygens (including phenoxy) is 5. The second kappa shape index (κ2) is 11.6. The van der Waals surface area contributed by atoms with Crippen LogP contribution in [-0.2, 0) is 38.1 Å². The van der Waals surface area contributed by atoms with Crippen LogP contribution >= 0.6 is 0 Å². The molecule has 4 atom stereocenters. The lowest BCUT2D eigenvalue weighted by Gasteiger charge is -2.39. The maximum atomic E-state index is 11.4. The van der Waals surface area contributed by atoms with Gasteiger partial charge in [-0.15, -0.1) is 0 Å². The van der Waals surface area contributed by atoms with E-state index in [2.05, 4.69) is 0 Å². The van der Waals surface area contributed by atoms with Gasteiger partial charge in [0.1, 0.15) is 18.8 Å². The monoisotopic (exact) mass is 372 g/mol. The third kappa shape index (κ3) is 8.44. The van der Waals surface area contributed by atoms with E-state index in [0.717, 1.165) is 6.42 Å². The third-order valence-corrected chi connectivity index (χ3v) is 3.55. The molecule has 1 fully saturated rings. The first-order valence-corrected chi connectivity index (χ1v) is 8.73. The lowest BCUT2D eigenvalue weighted by Crippen LogP contribution is -2.54. The van der Waals surface area contributed by atoms with Gasteiger partial charge in [-0.25, -0.2) is 0 Å². The summed E-state index contributed by atoms with van der Waals surface area (Å²) in [6.45, 7) is 6.11. The molecule has 0 bridgehead atoms. The fourth-order valence-corrected chi connectivity index (χ4v) is 2.56.